The molecule has 0 saturated carbocycles. The fraction of sp³-hybridized carbons (Fsp3) is 0.318. The van der Waals surface area contributed by atoms with Crippen LogP contribution < -0.4 is 15.4 Å². The molecular weight excluding hydrogens is 440 g/mol. The molecule has 0 aliphatic rings. The van der Waals surface area contributed by atoms with Gasteiger partial charge in [0.25, 0.3) is 0 Å². The van der Waals surface area contributed by atoms with Crippen molar-refractivity contribution in [3.8, 4) is 5.75 Å². The summed E-state index contributed by atoms with van der Waals surface area (Å²) >= 11 is 6.05. The molecule has 0 unspecified atom stereocenters. The standard InChI is InChI=1S/C22H25ClN2O7/c1-31-19-8-7-15(9-17(19)23)10-18(21(28)29)25-20(27)11-16(26)12-24-22(30)32-13-14-5-3-2-4-6-14/h2-9,16,18,26H,10-13H2,1H3,(H,24,30)(H,25,27)(H,28,29)/t16-,18-/m0/s1. The van der Waals surface area contributed by atoms with Crippen LogP contribution in [0.2, 0.25) is 5.02 Å². The van der Waals surface area contributed by atoms with Gasteiger partial charge in [-0.05, 0) is 23.3 Å². The van der Waals surface area contributed by atoms with E-state index in [0.29, 0.717) is 16.3 Å². The Bertz CT molecular complexity index is 924. The Morgan fingerprint density at radius 3 is 2.44 bits per heavy atom. The number of benzene rings is 2. The number of hydrogen-bond acceptors (Lipinski definition) is 6. The largest absolute Gasteiger partial charge is 0.495 e. The van der Waals surface area contributed by atoms with Gasteiger partial charge in [0.1, 0.15) is 18.4 Å². The van der Waals surface area contributed by atoms with Crippen molar-refractivity contribution in [2.24, 2.45) is 0 Å². The van der Waals surface area contributed by atoms with Gasteiger partial charge in [-0.25, -0.2) is 9.59 Å². The van der Waals surface area contributed by atoms with Crippen molar-refractivity contribution in [1.29, 1.82) is 0 Å². The molecule has 9 nitrogen and oxygen atoms in total. The van der Waals surface area contributed by atoms with Crippen LogP contribution in [0, 0.1) is 0 Å². The number of methoxy groups -OCH3 is 1. The van der Waals surface area contributed by atoms with Gasteiger partial charge in [-0.15, -0.1) is 0 Å². The fourth-order valence-electron chi connectivity index (χ4n) is 2.79. The van der Waals surface area contributed by atoms with Crippen molar-refractivity contribution < 1.29 is 34.1 Å². The number of carbonyl (C=O) groups is 3. The molecule has 2 atom stereocenters. The van der Waals surface area contributed by atoms with Gasteiger partial charge < -0.3 is 30.3 Å². The van der Waals surface area contributed by atoms with Crippen LogP contribution in [0.15, 0.2) is 48.5 Å². The van der Waals surface area contributed by atoms with Crippen molar-refractivity contribution in [1.82, 2.24) is 10.6 Å². The molecule has 0 heterocycles. The predicted octanol–water partition coefficient (Wildman–Crippen LogP) is 2.14. The topological polar surface area (TPSA) is 134 Å². The molecule has 0 radical (unpaired) electrons. The lowest BCUT2D eigenvalue weighted by Crippen LogP contribution is -2.44. The van der Waals surface area contributed by atoms with Crippen LogP contribution in [0.4, 0.5) is 4.79 Å². The summed E-state index contributed by atoms with van der Waals surface area (Å²) in [6.07, 6.45) is -2.37. The summed E-state index contributed by atoms with van der Waals surface area (Å²) in [4.78, 5) is 35.4. The maximum atomic E-state index is 12.2. The number of aliphatic carboxylic acids is 1. The second-order valence-corrected chi connectivity index (χ2v) is 7.34. The number of nitrogens with one attached hydrogen (secondary N) is 2. The van der Waals surface area contributed by atoms with E-state index in [1.807, 2.05) is 18.2 Å². The quantitative estimate of drug-likeness (QED) is 0.400. The van der Waals surface area contributed by atoms with E-state index in [0.717, 1.165) is 5.56 Å². The van der Waals surface area contributed by atoms with E-state index in [2.05, 4.69) is 10.6 Å². The van der Waals surface area contributed by atoms with Gasteiger partial charge in [-0.3, -0.25) is 4.79 Å². The van der Waals surface area contributed by atoms with Crippen LogP contribution in [0.25, 0.3) is 0 Å². The summed E-state index contributed by atoms with van der Waals surface area (Å²) < 4.78 is 10.1. The Morgan fingerprint density at radius 2 is 1.81 bits per heavy atom. The third kappa shape index (κ3) is 8.44. The Kier molecular flexibility index (Phi) is 9.77. The number of aliphatic hydroxyl groups is 1. The highest BCUT2D eigenvalue weighted by Crippen LogP contribution is 2.25. The molecule has 0 aromatic heterocycles. The van der Waals surface area contributed by atoms with Gasteiger partial charge >= 0.3 is 12.1 Å². The van der Waals surface area contributed by atoms with Crippen LogP contribution in [0.1, 0.15) is 17.5 Å². The highest BCUT2D eigenvalue weighted by Gasteiger charge is 2.22. The van der Waals surface area contributed by atoms with Crippen LogP contribution in [0.3, 0.4) is 0 Å². The third-order valence-electron chi connectivity index (χ3n) is 4.41. The highest BCUT2D eigenvalue weighted by molar-refractivity contribution is 6.32. The lowest BCUT2D eigenvalue weighted by molar-refractivity contribution is -0.142. The maximum Gasteiger partial charge on any atom is 0.407 e. The van der Waals surface area contributed by atoms with E-state index in [-0.39, 0.29) is 19.6 Å². The number of aliphatic hydroxyl groups excluding tert-OH is 1. The average Bonchev–Trinajstić information content (AvgIpc) is 2.76. The van der Waals surface area contributed by atoms with Crippen molar-refractivity contribution >= 4 is 29.6 Å². The number of amides is 2. The Hall–Kier alpha value is -3.30. The zero-order valence-corrected chi connectivity index (χ0v) is 18.2. The zero-order chi connectivity index (χ0) is 23.5. The second kappa shape index (κ2) is 12.5. The normalized spacial score (nSPS) is 12.3. The SMILES string of the molecule is COc1ccc(C[C@H](NC(=O)C[C@H](O)CNC(=O)OCc2ccccc2)C(=O)O)cc1Cl. The number of carboxylic acid groups (broad SMARTS) is 1. The molecule has 2 rings (SSSR count). The first kappa shape index (κ1) is 25.0. The summed E-state index contributed by atoms with van der Waals surface area (Å²) in [6, 6.07) is 12.6. The van der Waals surface area contributed by atoms with Crippen LogP contribution in [0.5, 0.6) is 5.75 Å². The van der Waals surface area contributed by atoms with Crippen molar-refractivity contribution in [3.63, 3.8) is 0 Å². The lowest BCUT2D eigenvalue weighted by atomic mass is 10.1. The molecule has 0 bridgehead atoms. The number of ether oxygens (including phenoxy) is 2. The molecule has 4 N–H and O–H groups in total. The minimum atomic E-state index is -1.23. The minimum Gasteiger partial charge on any atom is -0.495 e. The monoisotopic (exact) mass is 464 g/mol. The van der Waals surface area contributed by atoms with Gasteiger partial charge in [0.05, 0.1) is 24.7 Å². The maximum absolute atomic E-state index is 12.2. The van der Waals surface area contributed by atoms with E-state index in [1.165, 1.54) is 7.11 Å². The third-order valence-corrected chi connectivity index (χ3v) is 4.70. The number of carbonyl (C=O) groups excluding carboxylic acids is 2. The lowest BCUT2D eigenvalue weighted by Gasteiger charge is -2.17. The van der Waals surface area contributed by atoms with E-state index in [4.69, 9.17) is 21.1 Å². The van der Waals surface area contributed by atoms with Crippen molar-refractivity contribution in [3.05, 3.63) is 64.7 Å². The number of halogens is 1. The first-order chi connectivity index (χ1) is 15.3. The summed E-state index contributed by atoms with van der Waals surface area (Å²) in [5, 5.41) is 24.4. The molecule has 10 heteroatoms. The molecule has 0 aliphatic heterocycles. The summed E-state index contributed by atoms with van der Waals surface area (Å²) in [7, 11) is 1.46. The molecule has 2 aromatic rings. The highest BCUT2D eigenvalue weighted by atomic mass is 35.5. The molecule has 2 amide bonds. The van der Waals surface area contributed by atoms with Gasteiger partial charge in [-0.2, -0.15) is 0 Å². The first-order valence-corrected chi connectivity index (χ1v) is 10.1. The molecule has 0 saturated heterocycles. The molecule has 172 valence electrons. The Balaban J connectivity index is 1.77. The predicted molar refractivity (Wildman–Crippen MR) is 117 cm³/mol. The Morgan fingerprint density at radius 1 is 1.09 bits per heavy atom. The molecule has 32 heavy (non-hydrogen) atoms. The van der Waals surface area contributed by atoms with E-state index in [9.17, 15) is 24.6 Å². The number of alkyl carbamates (subject to hydrolysis) is 1. The van der Waals surface area contributed by atoms with E-state index < -0.39 is 36.5 Å². The van der Waals surface area contributed by atoms with Gasteiger partial charge in [-0.1, -0.05) is 48.0 Å². The number of hydrogen-bond donors (Lipinski definition) is 4. The van der Waals surface area contributed by atoms with Gasteiger partial charge in [0.2, 0.25) is 5.91 Å². The van der Waals surface area contributed by atoms with Crippen molar-refractivity contribution in [2.75, 3.05) is 13.7 Å². The molecule has 0 spiro atoms. The summed E-state index contributed by atoms with van der Waals surface area (Å²) in [5.74, 6) is -1.46. The molecule has 2 aromatic carbocycles. The molecular formula is C22H25ClN2O7. The van der Waals surface area contributed by atoms with Crippen LogP contribution in [-0.2, 0) is 27.4 Å². The zero-order valence-electron chi connectivity index (χ0n) is 17.4. The van der Waals surface area contributed by atoms with Crippen molar-refractivity contribution in [2.45, 2.75) is 31.6 Å². The smallest absolute Gasteiger partial charge is 0.407 e. The number of rotatable bonds is 11. The average molecular weight is 465 g/mol. The Labute approximate surface area is 190 Å². The van der Waals surface area contributed by atoms with Gasteiger partial charge in [0, 0.05) is 13.0 Å². The summed E-state index contributed by atoms with van der Waals surface area (Å²) in [5.41, 5.74) is 1.40. The van der Waals surface area contributed by atoms with E-state index >= 15 is 0 Å². The van der Waals surface area contributed by atoms with Crippen LogP contribution >= 0.6 is 11.6 Å². The minimum absolute atomic E-state index is 0.00898. The van der Waals surface area contributed by atoms with E-state index in [1.54, 1.807) is 30.3 Å². The molecule has 0 aliphatic carbocycles. The second-order valence-electron chi connectivity index (χ2n) is 6.93. The number of carboxylic acids is 1. The molecule has 0 fully saturated rings. The van der Waals surface area contributed by atoms with Gasteiger partial charge in [0.15, 0.2) is 0 Å². The fourth-order valence-corrected chi connectivity index (χ4v) is 3.07. The van der Waals surface area contributed by atoms with Crippen LogP contribution in [-0.4, -0.2) is 54.0 Å². The first-order valence-electron chi connectivity index (χ1n) is 9.75. The summed E-state index contributed by atoms with van der Waals surface area (Å²) in [6.45, 7) is -0.161.